The number of ketones is 1. The van der Waals surface area contributed by atoms with Crippen molar-refractivity contribution >= 4 is 62.6 Å². The van der Waals surface area contributed by atoms with Gasteiger partial charge in [-0.3, -0.25) is 29.6 Å². The first kappa shape index (κ1) is 37.3. The first-order chi connectivity index (χ1) is 25.9. The molecule has 5 amide bonds. The van der Waals surface area contributed by atoms with Crippen LogP contribution in [-0.2, 0) is 30.7 Å². The van der Waals surface area contributed by atoms with E-state index in [4.69, 9.17) is 4.74 Å². The zero-order chi connectivity index (χ0) is 39.6. The number of imidazole rings is 1. The second-order valence-electron chi connectivity index (χ2n) is 15.0. The number of carboxylic acid groups (broad SMARTS) is 1. The third kappa shape index (κ3) is 7.82. The summed E-state index contributed by atoms with van der Waals surface area (Å²) < 4.78 is 34.6. The molecule has 2 saturated carbocycles. The van der Waals surface area contributed by atoms with E-state index in [0.717, 1.165) is 40.5 Å². The summed E-state index contributed by atoms with van der Waals surface area (Å²) >= 11 is 0. The monoisotopic (exact) mass is 773 g/mol. The molecule has 2 aliphatic carbocycles. The van der Waals surface area contributed by atoms with Crippen LogP contribution in [0.1, 0.15) is 74.6 Å². The number of imide groups is 1. The zero-order valence-electron chi connectivity index (χ0n) is 30.7. The van der Waals surface area contributed by atoms with Gasteiger partial charge < -0.3 is 14.2 Å². The van der Waals surface area contributed by atoms with Crippen LogP contribution in [0.15, 0.2) is 47.9 Å². The summed E-state index contributed by atoms with van der Waals surface area (Å²) in [5.41, 5.74) is 1.30. The first-order valence-electron chi connectivity index (χ1n) is 17.5. The fraction of sp³-hybridized carbons (Fsp3) is 0.417. The number of aromatic nitrogens is 5. The van der Waals surface area contributed by atoms with Gasteiger partial charge in [-0.15, -0.1) is 0 Å². The predicted molar refractivity (Wildman–Crippen MR) is 196 cm³/mol. The van der Waals surface area contributed by atoms with Crippen molar-refractivity contribution in [2.45, 2.75) is 75.8 Å². The van der Waals surface area contributed by atoms with Gasteiger partial charge in [0.25, 0.3) is 0 Å². The standard InChI is InChI=1S/C36H39N9O9S/c1-19-8-9-37-31(39-19)24-11-23(24)27(46)18-55(52,53)28-13-38-29(12-25(28)41-33(48)54-36(2,3)4)45(35(50)51)16-22-15-43-14-21(20-6-7-20)10-26(32(43)40-22)44-17-30(47)42(5)34(44)49/h8-10,12-15,20,23-24H,6-7,11,16-18H2,1-5H3,(H,50,51)(H,38,41,48)/t23-,24-/m0/s1. The Hall–Kier alpha value is -5.98. The van der Waals surface area contributed by atoms with Crippen molar-refractivity contribution in [1.82, 2.24) is 29.2 Å². The summed E-state index contributed by atoms with van der Waals surface area (Å²) in [6.07, 6.45) is 5.74. The minimum absolute atomic E-state index is 0.177. The Kier molecular flexibility index (Phi) is 9.30. The minimum atomic E-state index is -4.43. The van der Waals surface area contributed by atoms with E-state index in [1.807, 2.05) is 12.3 Å². The highest BCUT2D eigenvalue weighted by Crippen LogP contribution is 2.47. The average molecular weight is 774 g/mol. The van der Waals surface area contributed by atoms with Gasteiger partial charge in [0.15, 0.2) is 21.3 Å². The number of carbonyl (C=O) groups is 5. The number of ether oxygens (including phenoxy) is 1. The molecule has 0 bridgehead atoms. The second-order valence-corrected chi connectivity index (χ2v) is 16.9. The summed E-state index contributed by atoms with van der Waals surface area (Å²) in [5, 5.41) is 12.8. The van der Waals surface area contributed by atoms with Crippen LogP contribution in [-0.4, -0.2) is 97.6 Å². The van der Waals surface area contributed by atoms with Gasteiger partial charge in [-0.25, -0.2) is 42.7 Å². The van der Waals surface area contributed by atoms with Gasteiger partial charge in [0, 0.05) is 49.2 Å². The van der Waals surface area contributed by atoms with Crippen LogP contribution in [0.25, 0.3) is 5.65 Å². The first-order valence-corrected chi connectivity index (χ1v) is 19.2. The highest BCUT2D eigenvalue weighted by atomic mass is 32.2. The van der Waals surface area contributed by atoms with E-state index in [0.29, 0.717) is 29.3 Å². The normalized spacial score (nSPS) is 18.5. The number of hydrogen-bond donors (Lipinski definition) is 2. The number of amides is 5. The third-order valence-corrected chi connectivity index (χ3v) is 11.1. The Labute approximate surface area is 315 Å². The molecule has 7 rings (SSSR count). The summed E-state index contributed by atoms with van der Waals surface area (Å²) in [7, 11) is -3.04. The molecule has 18 nitrogen and oxygen atoms in total. The van der Waals surface area contributed by atoms with Crippen molar-refractivity contribution in [1.29, 1.82) is 0 Å². The maximum Gasteiger partial charge on any atom is 0.413 e. The van der Waals surface area contributed by atoms with Gasteiger partial charge in [-0.2, -0.15) is 0 Å². The van der Waals surface area contributed by atoms with Crippen molar-refractivity contribution in [2.75, 3.05) is 34.5 Å². The number of likely N-dealkylation sites (N-methyl/N-ethyl adjacent to an activating group) is 1. The molecule has 4 aromatic heterocycles. The Morgan fingerprint density at radius 1 is 1.09 bits per heavy atom. The number of hydrogen-bond acceptors (Lipinski definition) is 12. The molecule has 1 saturated heterocycles. The number of pyridine rings is 2. The molecule has 3 aliphatic rings. The Bertz CT molecular complexity index is 2390. The molecule has 5 heterocycles. The number of nitrogens with one attached hydrogen (secondary N) is 1. The molecule has 2 atom stereocenters. The van der Waals surface area contributed by atoms with E-state index in [9.17, 15) is 37.5 Å². The molecule has 2 N–H and O–H groups in total. The van der Waals surface area contributed by atoms with Crippen LogP contribution in [0.3, 0.4) is 0 Å². The van der Waals surface area contributed by atoms with E-state index >= 15 is 0 Å². The number of Topliss-reactive ketones (excluding diaryl/α,β-unsaturated/α-hetero) is 1. The van der Waals surface area contributed by atoms with Crippen LogP contribution in [0, 0.1) is 12.8 Å². The molecule has 3 fully saturated rings. The van der Waals surface area contributed by atoms with Gasteiger partial charge >= 0.3 is 18.2 Å². The lowest BCUT2D eigenvalue weighted by atomic mass is 10.1. The smallest absolute Gasteiger partial charge is 0.413 e. The predicted octanol–water partition coefficient (Wildman–Crippen LogP) is 4.28. The van der Waals surface area contributed by atoms with Gasteiger partial charge in [-0.05, 0) is 70.6 Å². The average Bonchev–Trinajstić information content (AvgIpc) is 4.03. The molecule has 1 aliphatic heterocycles. The SMILES string of the molecule is Cc1ccnc([C@H]2C[C@@H]2C(=O)CS(=O)(=O)c2cnc(N(Cc3cn4cc(C5CC5)cc(N5CC(=O)N(C)C5=O)c4n3)C(=O)O)cc2NC(=O)OC(C)(C)C)n1. The molecule has 288 valence electrons. The van der Waals surface area contributed by atoms with Crippen LogP contribution >= 0.6 is 0 Å². The minimum Gasteiger partial charge on any atom is -0.465 e. The van der Waals surface area contributed by atoms with Crippen molar-refractivity contribution in [2.24, 2.45) is 5.92 Å². The van der Waals surface area contributed by atoms with Gasteiger partial charge in [0.1, 0.15) is 34.4 Å². The lowest BCUT2D eigenvalue weighted by Crippen LogP contribution is -2.31. The van der Waals surface area contributed by atoms with Gasteiger partial charge in [0.2, 0.25) is 5.91 Å². The van der Waals surface area contributed by atoms with E-state index in [-0.39, 0.29) is 48.0 Å². The molecule has 0 spiro atoms. The number of nitrogens with zero attached hydrogens (tertiary/aromatic N) is 8. The van der Waals surface area contributed by atoms with Crippen LogP contribution < -0.4 is 15.1 Å². The number of carbonyl (C=O) groups excluding carboxylic acids is 4. The lowest BCUT2D eigenvalue weighted by Gasteiger charge is -2.22. The van der Waals surface area contributed by atoms with Gasteiger partial charge in [0.05, 0.1) is 29.8 Å². The second kappa shape index (κ2) is 13.7. The van der Waals surface area contributed by atoms with E-state index in [2.05, 4.69) is 25.3 Å². The lowest BCUT2D eigenvalue weighted by molar-refractivity contribution is -0.124. The summed E-state index contributed by atoms with van der Waals surface area (Å²) in [5.74, 6) is -2.30. The van der Waals surface area contributed by atoms with Crippen molar-refractivity contribution in [3.8, 4) is 0 Å². The molecular formula is C36H39N9O9S. The van der Waals surface area contributed by atoms with E-state index < -0.39 is 56.0 Å². The Morgan fingerprint density at radius 3 is 2.47 bits per heavy atom. The number of fused-ring (bicyclic) bond motifs is 1. The fourth-order valence-electron chi connectivity index (χ4n) is 6.45. The third-order valence-electron chi connectivity index (χ3n) is 9.46. The zero-order valence-corrected chi connectivity index (χ0v) is 31.5. The quantitative estimate of drug-likeness (QED) is 0.203. The summed E-state index contributed by atoms with van der Waals surface area (Å²) in [6.45, 7) is 6.07. The van der Waals surface area contributed by atoms with Gasteiger partial charge in [-0.1, -0.05) is 0 Å². The van der Waals surface area contributed by atoms with Crippen LogP contribution in [0.4, 0.5) is 31.6 Å². The number of aryl methyl sites for hydroxylation is 1. The maximum absolute atomic E-state index is 13.8. The Balaban J connectivity index is 1.19. The Morgan fingerprint density at radius 2 is 1.84 bits per heavy atom. The molecule has 19 heteroatoms. The van der Waals surface area contributed by atoms with Crippen LogP contribution in [0.2, 0.25) is 0 Å². The molecular weight excluding hydrogens is 735 g/mol. The highest BCUT2D eigenvalue weighted by molar-refractivity contribution is 7.92. The molecule has 0 radical (unpaired) electrons. The molecule has 0 unspecified atom stereocenters. The number of sulfone groups is 1. The fourth-order valence-corrected chi connectivity index (χ4v) is 7.86. The topological polar surface area (TPSA) is 227 Å². The summed E-state index contributed by atoms with van der Waals surface area (Å²) in [6, 6.07) is 4.10. The highest BCUT2D eigenvalue weighted by Gasteiger charge is 2.47. The molecule has 0 aromatic carbocycles. The molecule has 4 aromatic rings. The van der Waals surface area contributed by atoms with E-state index in [1.165, 1.54) is 11.9 Å². The largest absolute Gasteiger partial charge is 0.465 e. The van der Waals surface area contributed by atoms with E-state index in [1.54, 1.807) is 50.6 Å². The number of urea groups is 1. The number of rotatable bonds is 11. The molecule has 55 heavy (non-hydrogen) atoms. The van der Waals surface area contributed by atoms with Crippen molar-refractivity contribution in [3.63, 3.8) is 0 Å². The maximum atomic E-state index is 13.8. The van der Waals surface area contributed by atoms with Crippen molar-refractivity contribution < 1.29 is 42.2 Å². The summed E-state index contributed by atoms with van der Waals surface area (Å²) in [4.78, 5) is 84.3. The van der Waals surface area contributed by atoms with Crippen LogP contribution in [0.5, 0.6) is 0 Å². The number of anilines is 3. The van der Waals surface area contributed by atoms with Crippen molar-refractivity contribution in [3.05, 3.63) is 65.8 Å².